The zero-order valence-corrected chi connectivity index (χ0v) is 16.3. The normalized spacial score (nSPS) is 10.4. The van der Waals surface area contributed by atoms with Crippen LogP contribution in [0, 0.1) is 10.1 Å². The summed E-state index contributed by atoms with van der Waals surface area (Å²) in [6, 6.07) is 13.8. The molecule has 142 valence electrons. The van der Waals surface area contributed by atoms with Crippen molar-refractivity contribution >= 4 is 57.8 Å². The van der Waals surface area contributed by atoms with E-state index >= 15 is 0 Å². The van der Waals surface area contributed by atoms with Gasteiger partial charge in [-0.15, -0.1) is 0 Å². The van der Waals surface area contributed by atoms with Crippen LogP contribution >= 0.6 is 35.4 Å². The van der Waals surface area contributed by atoms with Crippen LogP contribution in [0.15, 0.2) is 59.0 Å². The van der Waals surface area contributed by atoms with Crippen molar-refractivity contribution < 1.29 is 14.1 Å². The number of non-ortho nitro benzene ring substituents is 1. The molecule has 0 bridgehead atoms. The number of halogens is 2. The zero-order valence-electron chi connectivity index (χ0n) is 13.9. The van der Waals surface area contributed by atoms with E-state index < -0.39 is 10.8 Å². The Morgan fingerprint density at radius 3 is 2.61 bits per heavy atom. The van der Waals surface area contributed by atoms with Crippen LogP contribution in [-0.4, -0.2) is 15.9 Å². The molecule has 3 aromatic rings. The molecule has 10 heteroatoms. The number of anilines is 1. The third-order valence-corrected chi connectivity index (χ3v) is 4.61. The second kappa shape index (κ2) is 8.39. The number of amides is 1. The van der Waals surface area contributed by atoms with Crippen LogP contribution in [0.5, 0.6) is 0 Å². The first-order chi connectivity index (χ1) is 13.3. The quantitative estimate of drug-likeness (QED) is 0.328. The predicted octanol–water partition coefficient (Wildman–Crippen LogP) is 5.29. The molecule has 7 nitrogen and oxygen atoms in total. The first-order valence-corrected chi connectivity index (χ1v) is 8.92. The van der Waals surface area contributed by atoms with Crippen molar-refractivity contribution in [3.63, 3.8) is 0 Å². The Balaban J connectivity index is 1.69. The van der Waals surface area contributed by atoms with Crippen molar-refractivity contribution in [2.75, 3.05) is 5.32 Å². The van der Waals surface area contributed by atoms with Gasteiger partial charge in [-0.2, -0.15) is 0 Å². The number of furan rings is 1. The lowest BCUT2D eigenvalue weighted by Gasteiger charge is -2.08. The minimum atomic E-state index is -0.590. The molecule has 3 rings (SSSR count). The lowest BCUT2D eigenvalue weighted by molar-refractivity contribution is -0.384. The molecule has 0 atom stereocenters. The van der Waals surface area contributed by atoms with Crippen LogP contribution < -0.4 is 10.6 Å². The van der Waals surface area contributed by atoms with Crippen molar-refractivity contribution in [3.05, 3.63) is 80.5 Å². The maximum Gasteiger partial charge on any atom is 0.293 e. The summed E-state index contributed by atoms with van der Waals surface area (Å²) in [6.07, 6.45) is 0. The standard InChI is InChI=1S/C18H11Cl2N3O4S/c19-13-6-2-5-12(16(13)20)14-7-8-15(27-14)17(24)22-18(28)21-10-3-1-4-11(9-10)23(25)26/h1-9H,(H2,21,22,24,28). The lowest BCUT2D eigenvalue weighted by Crippen LogP contribution is -2.33. The number of nitrogens with one attached hydrogen (secondary N) is 2. The monoisotopic (exact) mass is 435 g/mol. The van der Waals surface area contributed by atoms with Crippen molar-refractivity contribution in [2.24, 2.45) is 0 Å². The highest BCUT2D eigenvalue weighted by Crippen LogP contribution is 2.34. The highest BCUT2D eigenvalue weighted by molar-refractivity contribution is 7.80. The van der Waals surface area contributed by atoms with E-state index in [0.717, 1.165) is 0 Å². The number of nitro groups is 1. The molecule has 1 aromatic heterocycles. The maximum absolute atomic E-state index is 12.3. The van der Waals surface area contributed by atoms with Gasteiger partial charge >= 0.3 is 0 Å². The van der Waals surface area contributed by atoms with E-state index in [1.54, 1.807) is 30.3 Å². The topological polar surface area (TPSA) is 97.4 Å². The average Bonchev–Trinajstić information content (AvgIpc) is 3.14. The predicted molar refractivity (Wildman–Crippen MR) is 111 cm³/mol. The van der Waals surface area contributed by atoms with E-state index in [4.69, 9.17) is 39.8 Å². The molecule has 0 spiro atoms. The number of nitro benzene ring substituents is 1. The first-order valence-electron chi connectivity index (χ1n) is 7.76. The Morgan fingerprint density at radius 2 is 1.86 bits per heavy atom. The Morgan fingerprint density at radius 1 is 1.11 bits per heavy atom. The van der Waals surface area contributed by atoms with E-state index in [0.29, 0.717) is 27.1 Å². The zero-order chi connectivity index (χ0) is 20.3. The van der Waals surface area contributed by atoms with E-state index in [1.165, 1.54) is 24.3 Å². The second-order valence-electron chi connectivity index (χ2n) is 5.48. The van der Waals surface area contributed by atoms with Crippen LogP contribution in [0.25, 0.3) is 11.3 Å². The summed E-state index contributed by atoms with van der Waals surface area (Å²) in [7, 11) is 0. The van der Waals surface area contributed by atoms with Crippen molar-refractivity contribution in [3.8, 4) is 11.3 Å². The molecule has 0 unspecified atom stereocenters. The van der Waals surface area contributed by atoms with Crippen molar-refractivity contribution in [1.82, 2.24) is 5.32 Å². The third-order valence-electron chi connectivity index (χ3n) is 3.59. The van der Waals surface area contributed by atoms with Gasteiger partial charge in [-0.1, -0.05) is 35.3 Å². The minimum Gasteiger partial charge on any atom is -0.451 e. The molecule has 28 heavy (non-hydrogen) atoms. The molecule has 0 saturated heterocycles. The number of carbonyl (C=O) groups is 1. The highest BCUT2D eigenvalue weighted by Gasteiger charge is 2.16. The SMILES string of the molecule is O=C(NC(=S)Nc1cccc([N+](=O)[O-])c1)c1ccc(-c2cccc(Cl)c2Cl)o1. The number of rotatable bonds is 4. The Labute approximate surface area is 174 Å². The molecule has 0 saturated carbocycles. The second-order valence-corrected chi connectivity index (χ2v) is 6.67. The average molecular weight is 436 g/mol. The van der Waals surface area contributed by atoms with Crippen LogP contribution in [0.4, 0.5) is 11.4 Å². The maximum atomic E-state index is 12.3. The van der Waals surface area contributed by atoms with Gasteiger partial charge in [0.15, 0.2) is 10.9 Å². The summed E-state index contributed by atoms with van der Waals surface area (Å²) in [5, 5.41) is 16.6. The fourth-order valence-electron chi connectivity index (χ4n) is 2.32. The molecule has 1 heterocycles. The number of hydrogen-bond acceptors (Lipinski definition) is 5. The molecule has 2 aromatic carbocycles. The minimum absolute atomic E-state index is 0.00855. The number of nitrogens with zero attached hydrogens (tertiary/aromatic N) is 1. The molecular weight excluding hydrogens is 425 g/mol. The van der Waals surface area contributed by atoms with Crippen LogP contribution in [0.2, 0.25) is 10.0 Å². The molecule has 0 aliphatic rings. The molecule has 0 fully saturated rings. The molecule has 1 amide bonds. The van der Waals surface area contributed by atoms with E-state index in [-0.39, 0.29) is 16.6 Å². The van der Waals surface area contributed by atoms with Gasteiger partial charge in [-0.25, -0.2) is 0 Å². The number of benzene rings is 2. The van der Waals surface area contributed by atoms with Gasteiger partial charge in [0.1, 0.15) is 5.76 Å². The third kappa shape index (κ3) is 4.48. The van der Waals surface area contributed by atoms with E-state index in [9.17, 15) is 14.9 Å². The number of thiocarbonyl (C=S) groups is 1. The summed E-state index contributed by atoms with van der Waals surface area (Å²) >= 11 is 17.2. The first kappa shape index (κ1) is 19.8. The molecule has 0 radical (unpaired) electrons. The van der Waals surface area contributed by atoms with Gasteiger partial charge in [0, 0.05) is 23.4 Å². The molecule has 2 N–H and O–H groups in total. The van der Waals surface area contributed by atoms with Crippen molar-refractivity contribution in [1.29, 1.82) is 0 Å². The van der Waals surface area contributed by atoms with Gasteiger partial charge in [-0.3, -0.25) is 20.2 Å². The van der Waals surface area contributed by atoms with E-state index in [2.05, 4.69) is 10.6 Å². The number of carbonyl (C=O) groups excluding carboxylic acids is 1. The highest BCUT2D eigenvalue weighted by atomic mass is 35.5. The van der Waals surface area contributed by atoms with Crippen LogP contribution in [0.1, 0.15) is 10.6 Å². The number of hydrogen-bond donors (Lipinski definition) is 2. The summed E-state index contributed by atoms with van der Waals surface area (Å²) in [5.74, 6) is -0.211. The fraction of sp³-hybridized carbons (Fsp3) is 0. The van der Waals surface area contributed by atoms with Gasteiger partial charge in [0.25, 0.3) is 11.6 Å². The summed E-state index contributed by atoms with van der Waals surface area (Å²) in [5.41, 5.74) is 0.809. The summed E-state index contributed by atoms with van der Waals surface area (Å²) in [4.78, 5) is 22.6. The van der Waals surface area contributed by atoms with Gasteiger partial charge in [0.2, 0.25) is 0 Å². The molecular formula is C18H11Cl2N3O4S. The van der Waals surface area contributed by atoms with E-state index in [1.807, 2.05) is 0 Å². The Bertz CT molecular complexity index is 1080. The Hall–Kier alpha value is -2.94. The van der Waals surface area contributed by atoms with Gasteiger partial charge in [0.05, 0.1) is 15.0 Å². The van der Waals surface area contributed by atoms with Crippen LogP contribution in [0.3, 0.4) is 0 Å². The van der Waals surface area contributed by atoms with Crippen LogP contribution in [-0.2, 0) is 0 Å². The largest absolute Gasteiger partial charge is 0.451 e. The smallest absolute Gasteiger partial charge is 0.293 e. The van der Waals surface area contributed by atoms with Crippen molar-refractivity contribution in [2.45, 2.75) is 0 Å². The molecule has 0 aliphatic carbocycles. The summed E-state index contributed by atoms with van der Waals surface area (Å²) < 4.78 is 5.54. The Kier molecular flexibility index (Phi) is 5.93. The summed E-state index contributed by atoms with van der Waals surface area (Å²) in [6.45, 7) is 0. The molecule has 0 aliphatic heterocycles. The van der Waals surface area contributed by atoms with Gasteiger partial charge in [-0.05, 0) is 42.5 Å². The fourth-order valence-corrected chi connectivity index (χ4v) is 2.93. The van der Waals surface area contributed by atoms with Gasteiger partial charge < -0.3 is 9.73 Å². The lowest BCUT2D eigenvalue weighted by atomic mass is 10.2.